The van der Waals surface area contributed by atoms with E-state index in [1.54, 1.807) is 30.3 Å². The van der Waals surface area contributed by atoms with Gasteiger partial charge in [-0.25, -0.2) is 4.99 Å². The maximum Gasteiger partial charge on any atom is 0.310 e. The molecule has 2 aromatic carbocycles. The molecule has 0 radical (unpaired) electrons. The molecule has 0 spiro atoms. The van der Waals surface area contributed by atoms with Gasteiger partial charge in [0.2, 0.25) is 5.91 Å². The molecule has 0 heterocycles. The molecule has 11 heteroatoms. The highest BCUT2D eigenvalue weighted by Gasteiger charge is 2.20. The summed E-state index contributed by atoms with van der Waals surface area (Å²) >= 11 is 12.0. The van der Waals surface area contributed by atoms with Crippen LogP contribution in [0.3, 0.4) is 0 Å². The van der Waals surface area contributed by atoms with Gasteiger partial charge in [0.05, 0.1) is 40.2 Å². The lowest BCUT2D eigenvalue weighted by Crippen LogP contribution is -2.39. The van der Waals surface area contributed by atoms with Crippen LogP contribution in [0, 0.1) is 0 Å². The first-order chi connectivity index (χ1) is 14.8. The van der Waals surface area contributed by atoms with E-state index in [9.17, 15) is 14.4 Å². The van der Waals surface area contributed by atoms with Crippen LogP contribution in [0.4, 0.5) is 5.69 Å². The van der Waals surface area contributed by atoms with Crippen molar-refractivity contribution >= 4 is 62.1 Å². The van der Waals surface area contributed by atoms with Crippen LogP contribution in [-0.2, 0) is 14.1 Å². The molecular formula is C20H19Cl2N4O4P. The van der Waals surface area contributed by atoms with Crippen LogP contribution in [0.1, 0.15) is 28.4 Å². The number of nitrogens with zero attached hydrogens (tertiary/aromatic N) is 2. The smallest absolute Gasteiger partial charge is 0.310 e. The molecule has 8 nitrogen and oxygen atoms in total. The van der Waals surface area contributed by atoms with Gasteiger partial charge in [0, 0.05) is 22.7 Å². The summed E-state index contributed by atoms with van der Waals surface area (Å²) in [5.41, 5.74) is 1.34. The van der Waals surface area contributed by atoms with Crippen LogP contribution in [0.25, 0.3) is 0 Å². The third-order valence-electron chi connectivity index (χ3n) is 3.92. The maximum atomic E-state index is 12.4. The molecule has 31 heavy (non-hydrogen) atoms. The fourth-order valence-electron chi connectivity index (χ4n) is 2.58. The molecule has 162 valence electrons. The van der Waals surface area contributed by atoms with Crippen LogP contribution in [0.15, 0.2) is 52.4 Å². The van der Waals surface area contributed by atoms with Crippen molar-refractivity contribution < 1.29 is 18.9 Å². The predicted octanol–water partition coefficient (Wildman–Crippen LogP) is 3.74. The van der Waals surface area contributed by atoms with E-state index in [0.717, 1.165) is 0 Å². The number of amides is 2. The van der Waals surface area contributed by atoms with E-state index in [2.05, 4.69) is 31.2 Å². The van der Waals surface area contributed by atoms with Crippen molar-refractivity contribution in [2.24, 2.45) is 9.98 Å². The zero-order chi connectivity index (χ0) is 22.8. The van der Waals surface area contributed by atoms with Crippen molar-refractivity contribution in [1.29, 1.82) is 0 Å². The summed E-state index contributed by atoms with van der Waals surface area (Å²) in [6.45, 7) is -0.316. The van der Waals surface area contributed by atoms with Gasteiger partial charge in [-0.1, -0.05) is 29.3 Å². The number of benzene rings is 2. The summed E-state index contributed by atoms with van der Waals surface area (Å²) in [7, 11) is 3.39. The Morgan fingerprint density at radius 1 is 1.16 bits per heavy atom. The summed E-state index contributed by atoms with van der Waals surface area (Å²) in [4.78, 5) is 44.1. The van der Waals surface area contributed by atoms with Gasteiger partial charge < -0.3 is 15.2 Å². The number of halogens is 2. The highest BCUT2D eigenvalue weighted by Crippen LogP contribution is 2.26. The van der Waals surface area contributed by atoms with E-state index in [0.29, 0.717) is 26.9 Å². The van der Waals surface area contributed by atoms with Crippen molar-refractivity contribution in [3.8, 4) is 0 Å². The third-order valence-corrected chi connectivity index (χ3v) is 4.62. The van der Waals surface area contributed by atoms with Crippen molar-refractivity contribution in [2.75, 3.05) is 13.6 Å². The lowest BCUT2D eigenvalue weighted by molar-refractivity contribution is -0.134. The second kappa shape index (κ2) is 12.2. The van der Waals surface area contributed by atoms with E-state index in [1.165, 1.54) is 19.2 Å². The number of hydrogen-bond donors (Lipinski definition) is 2. The first-order valence-electron chi connectivity index (χ1n) is 8.90. The monoisotopic (exact) mass is 480 g/mol. The van der Waals surface area contributed by atoms with Crippen LogP contribution < -0.4 is 10.6 Å². The van der Waals surface area contributed by atoms with E-state index < -0.39 is 23.8 Å². The van der Waals surface area contributed by atoms with E-state index in [-0.39, 0.29) is 13.0 Å². The highest BCUT2D eigenvalue weighted by atomic mass is 35.5. The first-order valence-corrected chi connectivity index (χ1v) is 10.1. The van der Waals surface area contributed by atoms with Gasteiger partial charge in [-0.2, -0.15) is 4.99 Å². The van der Waals surface area contributed by atoms with Crippen molar-refractivity contribution in [2.45, 2.75) is 12.5 Å². The fraction of sp³-hybridized carbons (Fsp3) is 0.200. The fourth-order valence-corrected chi connectivity index (χ4v) is 3.21. The van der Waals surface area contributed by atoms with Gasteiger partial charge in [-0.3, -0.25) is 14.4 Å². The minimum absolute atomic E-state index is 0.154. The topological polar surface area (TPSA) is 109 Å². The molecule has 2 unspecified atom stereocenters. The molecule has 0 saturated carbocycles. The van der Waals surface area contributed by atoms with Gasteiger partial charge in [-0.15, -0.1) is 0 Å². The van der Waals surface area contributed by atoms with Crippen LogP contribution in [0.5, 0.6) is 0 Å². The molecule has 0 aliphatic rings. The van der Waals surface area contributed by atoms with E-state index in [4.69, 9.17) is 23.2 Å². The zero-order valence-corrected chi connectivity index (χ0v) is 19.1. The van der Waals surface area contributed by atoms with Crippen molar-refractivity contribution in [3.05, 3.63) is 63.6 Å². The predicted molar refractivity (Wildman–Crippen MR) is 122 cm³/mol. The van der Waals surface area contributed by atoms with E-state index in [1.807, 2.05) is 9.47 Å². The molecule has 0 fully saturated rings. The molecule has 2 N–H and O–H groups in total. The Morgan fingerprint density at radius 2 is 1.87 bits per heavy atom. The molecule has 2 atom stereocenters. The van der Waals surface area contributed by atoms with Crippen LogP contribution in [-0.4, -0.2) is 37.4 Å². The van der Waals surface area contributed by atoms with Gasteiger partial charge in [0.25, 0.3) is 5.91 Å². The molecule has 2 aromatic rings. The zero-order valence-electron chi connectivity index (χ0n) is 16.4. The lowest BCUT2D eigenvalue weighted by Gasteiger charge is -2.19. The average molecular weight is 481 g/mol. The van der Waals surface area contributed by atoms with Crippen LogP contribution >= 0.6 is 32.7 Å². The third kappa shape index (κ3) is 8.12. The Morgan fingerprint density at radius 3 is 2.52 bits per heavy atom. The summed E-state index contributed by atoms with van der Waals surface area (Å²) in [6.07, 6.45) is -0.154. The average Bonchev–Trinajstić information content (AvgIpc) is 2.74. The Bertz CT molecular complexity index is 1020. The number of hydrogen-bond acceptors (Lipinski definition) is 6. The lowest BCUT2D eigenvalue weighted by atomic mass is 10.0. The second-order valence-electron chi connectivity index (χ2n) is 6.19. The molecule has 2 amide bonds. The van der Waals surface area contributed by atoms with Crippen molar-refractivity contribution in [3.63, 3.8) is 0 Å². The number of carbonyl (C=O) groups is 3. The van der Waals surface area contributed by atoms with Gasteiger partial charge in [0.15, 0.2) is 0 Å². The second-order valence-corrected chi connectivity index (χ2v) is 7.29. The quantitative estimate of drug-likeness (QED) is 0.442. The summed E-state index contributed by atoms with van der Waals surface area (Å²) in [6, 6.07) is 12.9. The molecule has 0 aromatic heterocycles. The Kier molecular flexibility index (Phi) is 9.63. The number of aliphatic imine (C=N–C) groups is 2. The Hall–Kier alpha value is -2.76. The minimum Gasteiger partial charge on any atom is -0.451 e. The number of carbonyl (C=O) groups excluding carboxylic acids is 3. The Balaban J connectivity index is 2.06. The molecule has 0 aliphatic heterocycles. The number of rotatable bonds is 8. The molecule has 2 rings (SSSR count). The standard InChI is InChI=1S/C20H19Cl2N4O4P/c1-23-11-25-16-4-2-3-12(7-16)20(29)24-10-18(27)26-17(9-19(28)30-31)13-5-14(21)8-15(22)6-13/h2-8,17H,9-10,31H2,1H3,(H,24,29)(H,26,27). The molecule has 0 aliphatic carbocycles. The van der Waals surface area contributed by atoms with Gasteiger partial charge >= 0.3 is 5.97 Å². The summed E-state index contributed by atoms with van der Waals surface area (Å²) < 4.78 is 4.61. The normalized spacial score (nSPS) is 11.0. The molecule has 0 saturated heterocycles. The first kappa shape index (κ1) is 24.5. The highest BCUT2D eigenvalue weighted by molar-refractivity contribution is 7.10. The molecular weight excluding hydrogens is 462 g/mol. The maximum absolute atomic E-state index is 12.4. The number of nitrogens with one attached hydrogen (secondary N) is 2. The Labute approximate surface area is 191 Å². The molecule has 0 bridgehead atoms. The summed E-state index contributed by atoms with van der Waals surface area (Å²) in [5, 5.41) is 5.90. The largest absolute Gasteiger partial charge is 0.451 e. The SMILES string of the molecule is CN=C=Nc1cccc(C(=O)NCC(=O)NC(CC(=O)OP)c2cc(Cl)cc(Cl)c2)c1. The van der Waals surface area contributed by atoms with Gasteiger partial charge in [-0.05, 0) is 42.0 Å². The van der Waals surface area contributed by atoms with Crippen LogP contribution in [0.2, 0.25) is 10.0 Å². The van der Waals surface area contributed by atoms with Crippen molar-refractivity contribution in [1.82, 2.24) is 10.6 Å². The van der Waals surface area contributed by atoms with E-state index >= 15 is 0 Å². The minimum atomic E-state index is -0.750. The van der Waals surface area contributed by atoms with Gasteiger partial charge in [0.1, 0.15) is 0 Å². The summed E-state index contributed by atoms with van der Waals surface area (Å²) in [5.74, 6) is -1.55.